The number of halogens is 3. The van der Waals surface area contributed by atoms with E-state index in [1.165, 1.54) is 12.1 Å². The van der Waals surface area contributed by atoms with E-state index in [4.69, 9.17) is 40.2 Å². The summed E-state index contributed by atoms with van der Waals surface area (Å²) < 4.78 is 21.6. The molecule has 202 valence electrons. The number of carbonyl (C=O) groups is 2. The zero-order chi connectivity index (χ0) is 28.6. The Morgan fingerprint density at radius 1 is 1.00 bits per heavy atom. The van der Waals surface area contributed by atoms with E-state index in [9.17, 15) is 14.0 Å². The predicted molar refractivity (Wildman–Crippen MR) is 159 cm³/mol. The van der Waals surface area contributed by atoms with Gasteiger partial charge in [-0.25, -0.2) is 4.39 Å². The Morgan fingerprint density at radius 2 is 1.73 bits per heavy atom. The van der Waals surface area contributed by atoms with E-state index in [1.54, 1.807) is 48.5 Å². The van der Waals surface area contributed by atoms with Gasteiger partial charge in [0.05, 0.1) is 15.7 Å². The second-order valence-electron chi connectivity index (χ2n) is 9.07. The summed E-state index contributed by atoms with van der Waals surface area (Å²) in [6.07, 6.45) is 1.54. The lowest BCUT2D eigenvalue weighted by atomic mass is 10.1. The molecule has 1 aliphatic rings. The highest BCUT2D eigenvalue weighted by Crippen LogP contribution is 2.35. The van der Waals surface area contributed by atoms with Crippen LogP contribution in [0.5, 0.6) is 5.75 Å². The number of amides is 2. The Bertz CT molecular complexity index is 1700. The van der Waals surface area contributed by atoms with Crippen LogP contribution < -0.4 is 15.0 Å². The molecular formula is C30H22Cl2FN3O3S. The van der Waals surface area contributed by atoms with Gasteiger partial charge in [0.25, 0.3) is 11.8 Å². The first-order valence-electron chi connectivity index (χ1n) is 12.2. The maximum Gasteiger partial charge on any atom is 0.270 e. The molecule has 2 amide bonds. The minimum absolute atomic E-state index is 0.0842. The molecule has 0 unspecified atom stereocenters. The third kappa shape index (κ3) is 5.25. The summed E-state index contributed by atoms with van der Waals surface area (Å²) in [7, 11) is 0. The predicted octanol–water partition coefficient (Wildman–Crippen LogP) is 6.95. The van der Waals surface area contributed by atoms with Crippen molar-refractivity contribution in [3.63, 3.8) is 0 Å². The lowest BCUT2D eigenvalue weighted by Gasteiger charge is -2.29. The zero-order valence-corrected chi connectivity index (χ0v) is 23.7. The lowest BCUT2D eigenvalue weighted by molar-refractivity contribution is -0.122. The Balaban J connectivity index is 1.42. The van der Waals surface area contributed by atoms with Crippen molar-refractivity contribution in [1.29, 1.82) is 0 Å². The molecule has 6 nitrogen and oxygen atoms in total. The number of carbonyl (C=O) groups excluding carboxylic acids is 2. The second-order valence-corrected chi connectivity index (χ2v) is 10.2. The van der Waals surface area contributed by atoms with E-state index in [2.05, 4.69) is 5.32 Å². The van der Waals surface area contributed by atoms with Crippen molar-refractivity contribution in [2.24, 2.45) is 0 Å². The van der Waals surface area contributed by atoms with Crippen molar-refractivity contribution in [2.45, 2.75) is 20.5 Å². The maximum atomic E-state index is 13.9. The van der Waals surface area contributed by atoms with E-state index in [1.807, 2.05) is 36.6 Å². The van der Waals surface area contributed by atoms with Crippen LogP contribution >= 0.6 is 35.4 Å². The SMILES string of the molecule is Cc1cc(/C=C2\C(=O)NC(=S)N(c3cccc(Cl)c3Cl)C2=O)c(C)n1-c1ccc(OCc2ccccc2F)cc1. The van der Waals surface area contributed by atoms with Crippen LogP contribution in [0.4, 0.5) is 10.1 Å². The molecule has 0 bridgehead atoms. The number of nitrogens with zero attached hydrogens (tertiary/aromatic N) is 2. The van der Waals surface area contributed by atoms with Crippen LogP contribution in [0.2, 0.25) is 10.0 Å². The Morgan fingerprint density at radius 3 is 2.45 bits per heavy atom. The van der Waals surface area contributed by atoms with E-state index in [0.717, 1.165) is 22.0 Å². The number of hydrogen-bond acceptors (Lipinski definition) is 4. The number of aryl methyl sites for hydroxylation is 1. The van der Waals surface area contributed by atoms with Gasteiger partial charge in [-0.05, 0) is 86.2 Å². The molecule has 1 saturated heterocycles. The number of benzene rings is 3. The van der Waals surface area contributed by atoms with Gasteiger partial charge in [0, 0.05) is 22.6 Å². The van der Waals surface area contributed by atoms with E-state index < -0.39 is 11.8 Å². The first kappa shape index (κ1) is 27.6. The minimum atomic E-state index is -0.612. The lowest BCUT2D eigenvalue weighted by Crippen LogP contribution is -2.54. The highest BCUT2D eigenvalue weighted by molar-refractivity contribution is 7.80. The molecule has 2 heterocycles. The van der Waals surface area contributed by atoms with Gasteiger partial charge in [-0.2, -0.15) is 0 Å². The highest BCUT2D eigenvalue weighted by atomic mass is 35.5. The zero-order valence-electron chi connectivity index (χ0n) is 21.4. The molecule has 0 radical (unpaired) electrons. The molecule has 3 aromatic carbocycles. The molecule has 5 rings (SSSR count). The highest BCUT2D eigenvalue weighted by Gasteiger charge is 2.36. The molecule has 0 spiro atoms. The van der Waals surface area contributed by atoms with Crippen molar-refractivity contribution in [1.82, 2.24) is 9.88 Å². The van der Waals surface area contributed by atoms with Gasteiger partial charge in [0.1, 0.15) is 23.7 Å². The van der Waals surface area contributed by atoms with Crippen LogP contribution in [-0.4, -0.2) is 21.5 Å². The Hall–Kier alpha value is -3.98. The summed E-state index contributed by atoms with van der Waals surface area (Å²) in [5.41, 5.74) is 3.88. The second kappa shape index (κ2) is 11.3. The van der Waals surface area contributed by atoms with Gasteiger partial charge in [-0.1, -0.05) is 47.5 Å². The first-order valence-corrected chi connectivity index (χ1v) is 13.3. The van der Waals surface area contributed by atoms with Crippen molar-refractivity contribution < 1.29 is 18.7 Å². The third-order valence-corrected chi connectivity index (χ3v) is 7.58. The van der Waals surface area contributed by atoms with E-state index in [0.29, 0.717) is 16.9 Å². The fourth-order valence-electron chi connectivity index (χ4n) is 4.50. The fraction of sp³-hybridized carbons (Fsp3) is 0.100. The summed E-state index contributed by atoms with van der Waals surface area (Å²) >= 11 is 17.8. The van der Waals surface area contributed by atoms with Gasteiger partial charge >= 0.3 is 0 Å². The summed E-state index contributed by atoms with van der Waals surface area (Å²) in [6, 6.07) is 20.6. The summed E-state index contributed by atoms with van der Waals surface area (Å²) in [5.74, 6) is -0.938. The van der Waals surface area contributed by atoms with Crippen molar-refractivity contribution in [3.8, 4) is 11.4 Å². The number of rotatable bonds is 6. The number of ether oxygens (including phenoxy) is 1. The van der Waals surface area contributed by atoms with Crippen LogP contribution in [0.15, 0.2) is 78.4 Å². The quantitative estimate of drug-likeness (QED) is 0.149. The Kier molecular flexibility index (Phi) is 7.76. The standard InChI is InChI=1S/C30H22Cl2FN3O3S/c1-17-14-20(15-23-28(37)34-30(40)36(29(23)38)26-9-5-7-24(31)27(26)32)18(2)35(17)21-10-12-22(13-11-21)39-16-19-6-3-4-8-25(19)33/h3-15H,16H2,1-2H3,(H,34,37,40)/b23-15+. The van der Waals surface area contributed by atoms with Gasteiger partial charge in [0.15, 0.2) is 5.11 Å². The average molecular weight is 594 g/mol. The normalized spacial score (nSPS) is 14.6. The number of aromatic nitrogens is 1. The molecule has 1 N–H and O–H groups in total. The molecule has 40 heavy (non-hydrogen) atoms. The monoisotopic (exact) mass is 593 g/mol. The van der Waals surface area contributed by atoms with Crippen LogP contribution in [0.25, 0.3) is 11.8 Å². The van der Waals surface area contributed by atoms with Crippen LogP contribution in [-0.2, 0) is 16.2 Å². The molecule has 1 aliphatic heterocycles. The largest absolute Gasteiger partial charge is 0.489 e. The average Bonchev–Trinajstić information content (AvgIpc) is 3.21. The molecule has 10 heteroatoms. The van der Waals surface area contributed by atoms with Gasteiger partial charge in [0.2, 0.25) is 0 Å². The van der Waals surface area contributed by atoms with Crippen LogP contribution in [0, 0.1) is 19.7 Å². The van der Waals surface area contributed by atoms with Crippen molar-refractivity contribution in [3.05, 3.63) is 117 Å². The van der Waals surface area contributed by atoms with E-state index >= 15 is 0 Å². The fourth-order valence-corrected chi connectivity index (χ4v) is 5.15. The molecule has 4 aromatic rings. The molecule has 0 saturated carbocycles. The first-order chi connectivity index (χ1) is 19.2. The summed E-state index contributed by atoms with van der Waals surface area (Å²) in [5, 5.41) is 2.88. The molecule has 1 aromatic heterocycles. The van der Waals surface area contributed by atoms with Gasteiger partial charge in [-0.3, -0.25) is 19.8 Å². The number of thiocarbonyl (C=S) groups is 1. The summed E-state index contributed by atoms with van der Waals surface area (Å²) in [4.78, 5) is 27.5. The summed E-state index contributed by atoms with van der Waals surface area (Å²) in [6.45, 7) is 3.93. The number of nitrogens with one attached hydrogen (secondary N) is 1. The minimum Gasteiger partial charge on any atom is -0.489 e. The molecule has 0 atom stereocenters. The van der Waals surface area contributed by atoms with Gasteiger partial charge in [-0.15, -0.1) is 0 Å². The topological polar surface area (TPSA) is 63.6 Å². The van der Waals surface area contributed by atoms with Crippen LogP contribution in [0.3, 0.4) is 0 Å². The van der Waals surface area contributed by atoms with Crippen LogP contribution in [0.1, 0.15) is 22.5 Å². The number of anilines is 1. The molecule has 0 aliphatic carbocycles. The Labute approximate surface area is 245 Å². The van der Waals surface area contributed by atoms with Crippen molar-refractivity contribution in [2.75, 3.05) is 4.90 Å². The number of hydrogen-bond donors (Lipinski definition) is 1. The third-order valence-electron chi connectivity index (χ3n) is 6.49. The van der Waals surface area contributed by atoms with Crippen molar-refractivity contribution >= 4 is 64.1 Å². The molecule has 1 fully saturated rings. The molecular weight excluding hydrogens is 572 g/mol. The van der Waals surface area contributed by atoms with Gasteiger partial charge < -0.3 is 9.30 Å². The smallest absolute Gasteiger partial charge is 0.270 e. The maximum absolute atomic E-state index is 13.9. The van der Waals surface area contributed by atoms with E-state index in [-0.39, 0.29) is 38.8 Å².